The van der Waals surface area contributed by atoms with E-state index in [1.165, 1.54) is 18.4 Å². The summed E-state index contributed by atoms with van der Waals surface area (Å²) in [5.74, 6) is 0.182. The van der Waals surface area contributed by atoms with Gasteiger partial charge in [0.05, 0.1) is 13.7 Å². The summed E-state index contributed by atoms with van der Waals surface area (Å²) in [7, 11) is 1.30. The lowest BCUT2D eigenvalue weighted by molar-refractivity contribution is 0.0520. The normalized spacial score (nSPS) is 10.0. The maximum absolute atomic E-state index is 11.5. The zero-order valence-electron chi connectivity index (χ0n) is 12.7. The molecule has 23 heavy (non-hydrogen) atoms. The van der Waals surface area contributed by atoms with E-state index in [0.717, 1.165) is 0 Å². The summed E-state index contributed by atoms with van der Waals surface area (Å²) >= 11 is 1.33. The van der Waals surface area contributed by atoms with E-state index in [9.17, 15) is 9.59 Å². The van der Waals surface area contributed by atoms with Crippen LogP contribution in [-0.4, -0.2) is 30.8 Å². The topological polar surface area (TPSA) is 86.8 Å². The van der Waals surface area contributed by atoms with E-state index < -0.39 is 12.1 Å². The molecule has 1 amide bonds. The van der Waals surface area contributed by atoms with E-state index >= 15 is 0 Å². The minimum Gasteiger partial charge on any atom is -0.486 e. The number of thiazole rings is 1. The Labute approximate surface area is 137 Å². The van der Waals surface area contributed by atoms with Gasteiger partial charge in [0.1, 0.15) is 17.4 Å². The molecule has 122 valence electrons. The molecule has 0 radical (unpaired) electrons. The lowest BCUT2D eigenvalue weighted by atomic mass is 10.3. The molecule has 0 aliphatic heterocycles. The summed E-state index contributed by atoms with van der Waals surface area (Å²) in [6.45, 7) is 2.30. The molecule has 0 aliphatic rings. The van der Waals surface area contributed by atoms with Gasteiger partial charge in [0.25, 0.3) is 0 Å². The monoisotopic (exact) mass is 336 g/mol. The van der Waals surface area contributed by atoms with E-state index in [2.05, 4.69) is 15.0 Å². The highest BCUT2D eigenvalue weighted by Gasteiger charge is 2.11. The molecule has 0 atom stereocenters. The van der Waals surface area contributed by atoms with E-state index in [-0.39, 0.29) is 12.3 Å². The number of ether oxygens (including phenoxy) is 3. The third kappa shape index (κ3) is 4.96. The molecule has 2 aromatic rings. The first-order valence-corrected chi connectivity index (χ1v) is 7.69. The first-order valence-electron chi connectivity index (χ1n) is 6.81. The molecule has 7 nitrogen and oxygen atoms in total. The van der Waals surface area contributed by atoms with Gasteiger partial charge < -0.3 is 14.2 Å². The Morgan fingerprint density at radius 2 is 2.00 bits per heavy atom. The first-order chi connectivity index (χ1) is 11.1. The predicted molar refractivity (Wildman–Crippen MR) is 84.9 cm³/mol. The van der Waals surface area contributed by atoms with Crippen LogP contribution in [0.2, 0.25) is 0 Å². The molecule has 8 heteroatoms. The van der Waals surface area contributed by atoms with Crippen LogP contribution in [0, 0.1) is 0 Å². The average molecular weight is 336 g/mol. The minimum atomic E-state index is -0.534. The lowest BCUT2D eigenvalue weighted by Gasteiger charge is -2.06. The highest BCUT2D eigenvalue weighted by molar-refractivity contribution is 7.09. The molecule has 1 aromatic heterocycles. The fourth-order valence-electron chi connectivity index (χ4n) is 1.62. The number of amides is 1. The summed E-state index contributed by atoms with van der Waals surface area (Å²) in [6, 6.07) is 6.81. The summed E-state index contributed by atoms with van der Waals surface area (Å²) < 4.78 is 15.0. The Bertz CT molecular complexity index is 669. The van der Waals surface area contributed by atoms with Crippen molar-refractivity contribution in [2.75, 3.05) is 19.0 Å². The Morgan fingerprint density at radius 1 is 1.26 bits per heavy atom. The van der Waals surface area contributed by atoms with Crippen molar-refractivity contribution in [1.82, 2.24) is 4.98 Å². The maximum atomic E-state index is 11.5. The summed E-state index contributed by atoms with van der Waals surface area (Å²) in [5, 5.41) is 4.85. The Balaban J connectivity index is 1.88. The number of aromatic nitrogens is 1. The number of anilines is 1. The molecule has 0 bridgehead atoms. The molecule has 0 saturated heterocycles. The van der Waals surface area contributed by atoms with Crippen LogP contribution in [0.15, 0.2) is 29.6 Å². The number of methoxy groups -OCH3 is 1. The SMILES string of the molecule is CCOC(=O)c1csc(COc2ccc(NC(=O)OC)cc2)n1. The molecule has 1 N–H and O–H groups in total. The molecular formula is C15H16N2O5S. The Hall–Kier alpha value is -2.61. The van der Waals surface area contributed by atoms with Crippen molar-refractivity contribution in [2.45, 2.75) is 13.5 Å². The third-order valence-corrected chi connectivity index (χ3v) is 3.51. The summed E-state index contributed by atoms with van der Waals surface area (Å²) in [5.41, 5.74) is 0.885. The molecule has 2 rings (SSSR count). The van der Waals surface area contributed by atoms with Crippen LogP contribution in [0.25, 0.3) is 0 Å². The number of carbonyl (C=O) groups is 2. The van der Waals surface area contributed by atoms with Crippen LogP contribution in [0.1, 0.15) is 22.4 Å². The number of nitrogens with one attached hydrogen (secondary N) is 1. The van der Waals surface area contributed by atoms with Gasteiger partial charge in [-0.2, -0.15) is 0 Å². The van der Waals surface area contributed by atoms with Gasteiger partial charge in [-0.25, -0.2) is 14.6 Å². The molecule has 1 heterocycles. The Kier molecular flexibility index (Phi) is 5.93. The Morgan fingerprint density at radius 3 is 2.65 bits per heavy atom. The van der Waals surface area contributed by atoms with Crippen LogP contribution >= 0.6 is 11.3 Å². The molecule has 1 aromatic carbocycles. The van der Waals surface area contributed by atoms with E-state index in [0.29, 0.717) is 23.1 Å². The maximum Gasteiger partial charge on any atom is 0.411 e. The number of carbonyl (C=O) groups excluding carboxylic acids is 2. The van der Waals surface area contributed by atoms with Gasteiger partial charge in [-0.05, 0) is 31.2 Å². The van der Waals surface area contributed by atoms with Gasteiger partial charge in [-0.1, -0.05) is 0 Å². The second-order valence-corrected chi connectivity index (χ2v) is 5.22. The average Bonchev–Trinajstić information content (AvgIpc) is 3.03. The predicted octanol–water partition coefficient (Wildman–Crippen LogP) is 3.08. The van der Waals surface area contributed by atoms with Crippen molar-refractivity contribution in [2.24, 2.45) is 0 Å². The van der Waals surface area contributed by atoms with Gasteiger partial charge in [0.2, 0.25) is 0 Å². The molecular weight excluding hydrogens is 320 g/mol. The van der Waals surface area contributed by atoms with Crippen LogP contribution in [0.3, 0.4) is 0 Å². The van der Waals surface area contributed by atoms with Crippen molar-refractivity contribution in [3.63, 3.8) is 0 Å². The van der Waals surface area contributed by atoms with Crippen molar-refractivity contribution >= 4 is 29.1 Å². The number of rotatable bonds is 6. The zero-order chi connectivity index (χ0) is 16.7. The fourth-order valence-corrected chi connectivity index (χ4v) is 2.30. The number of nitrogens with zero attached hydrogens (tertiary/aromatic N) is 1. The summed E-state index contributed by atoms with van der Waals surface area (Å²) in [4.78, 5) is 26.7. The smallest absolute Gasteiger partial charge is 0.411 e. The second kappa shape index (κ2) is 8.14. The van der Waals surface area contributed by atoms with Crippen LogP contribution in [-0.2, 0) is 16.1 Å². The van der Waals surface area contributed by atoms with Crippen molar-refractivity contribution in [1.29, 1.82) is 0 Å². The number of esters is 1. The van der Waals surface area contributed by atoms with Crippen molar-refractivity contribution < 1.29 is 23.8 Å². The third-order valence-electron chi connectivity index (χ3n) is 2.68. The van der Waals surface area contributed by atoms with Gasteiger partial charge >= 0.3 is 12.1 Å². The molecule has 0 aliphatic carbocycles. The van der Waals surface area contributed by atoms with E-state index in [1.807, 2.05) is 0 Å². The number of hydrogen-bond donors (Lipinski definition) is 1. The van der Waals surface area contributed by atoms with E-state index in [1.54, 1.807) is 36.6 Å². The lowest BCUT2D eigenvalue weighted by Crippen LogP contribution is -2.10. The number of hydrogen-bond acceptors (Lipinski definition) is 7. The summed E-state index contributed by atoms with van der Waals surface area (Å²) in [6.07, 6.45) is -0.534. The van der Waals surface area contributed by atoms with Crippen LogP contribution in [0.4, 0.5) is 10.5 Å². The highest BCUT2D eigenvalue weighted by Crippen LogP contribution is 2.18. The van der Waals surface area contributed by atoms with E-state index in [4.69, 9.17) is 9.47 Å². The fraction of sp³-hybridized carbons (Fsp3) is 0.267. The molecule has 0 spiro atoms. The largest absolute Gasteiger partial charge is 0.486 e. The van der Waals surface area contributed by atoms with Gasteiger partial charge in [-0.15, -0.1) is 11.3 Å². The number of benzene rings is 1. The van der Waals surface area contributed by atoms with Crippen LogP contribution < -0.4 is 10.1 Å². The van der Waals surface area contributed by atoms with Gasteiger partial charge in [0, 0.05) is 11.1 Å². The second-order valence-electron chi connectivity index (χ2n) is 4.28. The molecule has 0 fully saturated rings. The quantitative estimate of drug-likeness (QED) is 0.816. The molecule has 0 unspecified atom stereocenters. The molecule has 0 saturated carbocycles. The minimum absolute atomic E-state index is 0.244. The standard InChI is InChI=1S/C15H16N2O5S/c1-3-21-14(18)12-9-23-13(17-12)8-22-11-6-4-10(5-7-11)16-15(19)20-2/h4-7,9H,3,8H2,1-2H3,(H,16,19). The first kappa shape index (κ1) is 16.8. The van der Waals surface area contributed by atoms with Gasteiger partial charge in [0.15, 0.2) is 5.69 Å². The zero-order valence-corrected chi connectivity index (χ0v) is 13.5. The van der Waals surface area contributed by atoms with Crippen LogP contribution in [0.5, 0.6) is 5.75 Å². The highest BCUT2D eigenvalue weighted by atomic mass is 32.1. The van der Waals surface area contributed by atoms with Crippen molar-refractivity contribution in [3.8, 4) is 5.75 Å². The van der Waals surface area contributed by atoms with Gasteiger partial charge in [-0.3, -0.25) is 5.32 Å². The van der Waals surface area contributed by atoms with Crippen molar-refractivity contribution in [3.05, 3.63) is 40.3 Å².